The third-order valence-electron chi connectivity index (χ3n) is 3.03. The number of hydrogen-bond donors (Lipinski definition) is 0. The first-order valence-corrected chi connectivity index (χ1v) is 6.83. The monoisotopic (exact) mass is 284 g/mol. The Bertz CT molecular complexity index is 691. The fourth-order valence-electron chi connectivity index (χ4n) is 2.01. The molecule has 0 aliphatic rings. The molecule has 21 heavy (non-hydrogen) atoms. The molecular weight excluding hydrogens is 268 g/mol. The molecule has 108 valence electrons. The fourth-order valence-corrected chi connectivity index (χ4v) is 2.01. The van der Waals surface area contributed by atoms with Crippen LogP contribution in [0, 0.1) is 0 Å². The van der Waals surface area contributed by atoms with Crippen LogP contribution in [0.15, 0.2) is 43.0 Å². The summed E-state index contributed by atoms with van der Waals surface area (Å²) < 4.78 is 9.47. The normalized spacial score (nSPS) is 10.7. The third kappa shape index (κ3) is 3.07. The van der Waals surface area contributed by atoms with E-state index >= 15 is 0 Å². The molecule has 1 aromatic carbocycles. The molecule has 0 atom stereocenters. The molecule has 0 fully saturated rings. The lowest BCUT2D eigenvalue weighted by molar-refractivity contribution is 0.286. The molecule has 0 bridgehead atoms. The van der Waals surface area contributed by atoms with E-state index in [9.17, 15) is 0 Å². The van der Waals surface area contributed by atoms with Crippen molar-refractivity contribution in [2.24, 2.45) is 0 Å². The van der Waals surface area contributed by atoms with Crippen LogP contribution in [0.25, 0.3) is 5.69 Å². The van der Waals surface area contributed by atoms with Gasteiger partial charge in [0, 0.05) is 25.0 Å². The zero-order valence-corrected chi connectivity index (χ0v) is 11.8. The van der Waals surface area contributed by atoms with E-state index in [0.29, 0.717) is 6.61 Å². The molecule has 3 aromatic rings. The standard InChI is InChI=1S/C14H16N6O/c1-2-7-20-14(16-17-18-20)10-21-13-5-3-4-12(9-13)19-8-6-15-11-19/h3-6,8-9,11H,2,7,10H2,1H3. The van der Waals surface area contributed by atoms with Gasteiger partial charge >= 0.3 is 0 Å². The van der Waals surface area contributed by atoms with Gasteiger partial charge < -0.3 is 9.30 Å². The van der Waals surface area contributed by atoms with E-state index in [1.54, 1.807) is 17.2 Å². The summed E-state index contributed by atoms with van der Waals surface area (Å²) in [5.41, 5.74) is 0.998. The molecule has 2 heterocycles. The predicted molar refractivity (Wildman–Crippen MR) is 76.0 cm³/mol. The Kier molecular flexibility index (Phi) is 3.90. The highest BCUT2D eigenvalue weighted by atomic mass is 16.5. The number of tetrazole rings is 1. The Labute approximate surface area is 122 Å². The quantitative estimate of drug-likeness (QED) is 0.691. The Hall–Kier alpha value is -2.70. The third-order valence-corrected chi connectivity index (χ3v) is 3.03. The number of aromatic nitrogens is 6. The van der Waals surface area contributed by atoms with Gasteiger partial charge in [-0.15, -0.1) is 5.10 Å². The van der Waals surface area contributed by atoms with E-state index < -0.39 is 0 Å². The van der Waals surface area contributed by atoms with Crippen molar-refractivity contribution in [3.8, 4) is 11.4 Å². The summed E-state index contributed by atoms with van der Waals surface area (Å²) in [5, 5.41) is 11.6. The first-order valence-electron chi connectivity index (χ1n) is 6.83. The van der Waals surface area contributed by atoms with Crippen LogP contribution in [-0.4, -0.2) is 29.8 Å². The Morgan fingerprint density at radius 3 is 3.05 bits per heavy atom. The number of benzene rings is 1. The molecule has 0 saturated carbocycles. The second-order valence-corrected chi connectivity index (χ2v) is 4.57. The van der Waals surface area contributed by atoms with Gasteiger partial charge in [0.05, 0.1) is 12.0 Å². The van der Waals surface area contributed by atoms with Gasteiger partial charge in [-0.2, -0.15) is 0 Å². The maximum absolute atomic E-state index is 5.78. The fraction of sp³-hybridized carbons (Fsp3) is 0.286. The lowest BCUT2D eigenvalue weighted by Gasteiger charge is -2.08. The molecule has 0 N–H and O–H groups in total. The van der Waals surface area contributed by atoms with Crippen molar-refractivity contribution in [1.82, 2.24) is 29.8 Å². The Morgan fingerprint density at radius 2 is 2.24 bits per heavy atom. The minimum absolute atomic E-state index is 0.348. The van der Waals surface area contributed by atoms with Crippen LogP contribution in [0.4, 0.5) is 0 Å². The van der Waals surface area contributed by atoms with Gasteiger partial charge in [0.15, 0.2) is 5.82 Å². The van der Waals surface area contributed by atoms with E-state index in [1.165, 1.54) is 0 Å². The maximum atomic E-state index is 5.78. The summed E-state index contributed by atoms with van der Waals surface area (Å²) >= 11 is 0. The number of rotatable bonds is 6. The number of nitrogens with zero attached hydrogens (tertiary/aromatic N) is 6. The molecule has 0 spiro atoms. The first kappa shape index (κ1) is 13.3. The highest BCUT2D eigenvalue weighted by Gasteiger charge is 2.06. The summed E-state index contributed by atoms with van der Waals surface area (Å²) in [6.45, 7) is 3.22. The van der Waals surface area contributed by atoms with Crippen molar-refractivity contribution >= 4 is 0 Å². The number of hydrogen-bond acceptors (Lipinski definition) is 5. The number of ether oxygens (including phenoxy) is 1. The van der Waals surface area contributed by atoms with Gasteiger partial charge in [0.1, 0.15) is 12.4 Å². The second-order valence-electron chi connectivity index (χ2n) is 4.57. The minimum Gasteiger partial charge on any atom is -0.485 e. The van der Waals surface area contributed by atoms with Gasteiger partial charge in [-0.05, 0) is 29.0 Å². The van der Waals surface area contributed by atoms with Crippen LogP contribution in [0.3, 0.4) is 0 Å². The molecule has 2 aromatic heterocycles. The van der Waals surface area contributed by atoms with E-state index in [-0.39, 0.29) is 0 Å². The molecule has 0 amide bonds. The molecule has 3 rings (SSSR count). The van der Waals surface area contributed by atoms with E-state index in [2.05, 4.69) is 27.4 Å². The van der Waals surface area contributed by atoms with E-state index in [1.807, 2.05) is 35.0 Å². The first-order chi connectivity index (χ1) is 10.4. The van der Waals surface area contributed by atoms with Gasteiger partial charge in [-0.25, -0.2) is 9.67 Å². The average molecular weight is 284 g/mol. The van der Waals surface area contributed by atoms with Gasteiger partial charge in [0.25, 0.3) is 0 Å². The molecule has 7 heteroatoms. The van der Waals surface area contributed by atoms with Crippen molar-refractivity contribution in [3.63, 3.8) is 0 Å². The topological polar surface area (TPSA) is 70.7 Å². The van der Waals surface area contributed by atoms with Crippen molar-refractivity contribution < 1.29 is 4.74 Å². The van der Waals surface area contributed by atoms with Crippen LogP contribution in [0.1, 0.15) is 19.2 Å². The number of aryl methyl sites for hydroxylation is 1. The minimum atomic E-state index is 0.348. The second kappa shape index (κ2) is 6.17. The Balaban J connectivity index is 1.71. The van der Waals surface area contributed by atoms with Crippen LogP contribution >= 0.6 is 0 Å². The van der Waals surface area contributed by atoms with Crippen LogP contribution in [0.2, 0.25) is 0 Å². The van der Waals surface area contributed by atoms with Crippen LogP contribution < -0.4 is 4.74 Å². The lowest BCUT2D eigenvalue weighted by Crippen LogP contribution is -2.08. The molecular formula is C14H16N6O. The molecule has 0 saturated heterocycles. The van der Waals surface area contributed by atoms with Crippen LogP contribution in [0.5, 0.6) is 5.75 Å². The summed E-state index contributed by atoms with van der Waals surface area (Å²) in [4.78, 5) is 4.04. The van der Waals surface area contributed by atoms with Crippen molar-refractivity contribution in [3.05, 3.63) is 48.8 Å². The van der Waals surface area contributed by atoms with Crippen molar-refractivity contribution in [2.45, 2.75) is 26.5 Å². The SMILES string of the molecule is CCCn1nnnc1COc1cccc(-n2ccnc2)c1. The molecule has 0 aliphatic heterocycles. The summed E-state index contributed by atoms with van der Waals surface area (Å²) in [5.74, 6) is 1.50. The molecule has 0 aliphatic carbocycles. The lowest BCUT2D eigenvalue weighted by atomic mass is 10.3. The highest BCUT2D eigenvalue weighted by molar-refractivity contribution is 5.39. The van der Waals surface area contributed by atoms with E-state index in [0.717, 1.165) is 30.2 Å². The summed E-state index contributed by atoms with van der Waals surface area (Å²) in [7, 11) is 0. The zero-order valence-electron chi connectivity index (χ0n) is 11.8. The van der Waals surface area contributed by atoms with Crippen LogP contribution in [-0.2, 0) is 13.2 Å². The van der Waals surface area contributed by atoms with Gasteiger partial charge in [-0.3, -0.25) is 0 Å². The van der Waals surface area contributed by atoms with Gasteiger partial charge in [0.2, 0.25) is 0 Å². The molecule has 0 unspecified atom stereocenters. The Morgan fingerprint density at radius 1 is 1.29 bits per heavy atom. The zero-order chi connectivity index (χ0) is 14.5. The van der Waals surface area contributed by atoms with Gasteiger partial charge in [-0.1, -0.05) is 13.0 Å². The van der Waals surface area contributed by atoms with Crippen molar-refractivity contribution in [1.29, 1.82) is 0 Å². The maximum Gasteiger partial charge on any atom is 0.189 e. The average Bonchev–Trinajstić information content (AvgIpc) is 3.18. The molecule has 7 nitrogen and oxygen atoms in total. The highest BCUT2D eigenvalue weighted by Crippen LogP contribution is 2.17. The number of imidazole rings is 1. The molecule has 0 radical (unpaired) electrons. The smallest absolute Gasteiger partial charge is 0.189 e. The summed E-state index contributed by atoms with van der Waals surface area (Å²) in [6, 6.07) is 7.80. The predicted octanol–water partition coefficient (Wildman–Crippen LogP) is 1.85. The summed E-state index contributed by atoms with van der Waals surface area (Å²) in [6.07, 6.45) is 6.36. The largest absolute Gasteiger partial charge is 0.485 e. The van der Waals surface area contributed by atoms with E-state index in [4.69, 9.17) is 4.74 Å². The van der Waals surface area contributed by atoms with Crippen molar-refractivity contribution in [2.75, 3.05) is 0 Å².